The second-order valence-electron chi connectivity index (χ2n) is 4.11. The van der Waals surface area contributed by atoms with Gasteiger partial charge in [0, 0.05) is 6.20 Å². The lowest BCUT2D eigenvalue weighted by Crippen LogP contribution is -2.30. The summed E-state index contributed by atoms with van der Waals surface area (Å²) < 4.78 is 9.81. The van der Waals surface area contributed by atoms with E-state index < -0.39 is 0 Å². The number of esters is 1. The molecule has 7 heteroatoms. The number of likely N-dealkylation sites (N-methyl/N-ethyl adjacent to an activating group) is 1. The van der Waals surface area contributed by atoms with Gasteiger partial charge in [-0.2, -0.15) is 4.98 Å². The fourth-order valence-electron chi connectivity index (χ4n) is 1.64. The van der Waals surface area contributed by atoms with Gasteiger partial charge in [-0.05, 0) is 18.7 Å². The molecule has 0 fully saturated rings. The van der Waals surface area contributed by atoms with Gasteiger partial charge in [0.2, 0.25) is 11.7 Å². The summed E-state index contributed by atoms with van der Waals surface area (Å²) in [5.41, 5.74) is 0.651. The van der Waals surface area contributed by atoms with E-state index >= 15 is 0 Å². The average molecular weight is 276 g/mol. The molecule has 106 valence electrons. The Hall–Kier alpha value is -2.28. The molecule has 0 spiro atoms. The van der Waals surface area contributed by atoms with E-state index in [1.807, 2.05) is 24.0 Å². The van der Waals surface area contributed by atoms with Gasteiger partial charge in [0.15, 0.2) is 0 Å². The number of methoxy groups -OCH3 is 1. The van der Waals surface area contributed by atoms with Crippen molar-refractivity contribution in [3.05, 3.63) is 30.3 Å². The monoisotopic (exact) mass is 276 g/mol. The highest BCUT2D eigenvalue weighted by Gasteiger charge is 2.15. The minimum absolute atomic E-state index is 0.189. The van der Waals surface area contributed by atoms with Crippen molar-refractivity contribution in [3.63, 3.8) is 0 Å². The predicted octanol–water partition coefficient (Wildman–Crippen LogP) is 1.13. The number of pyridine rings is 1. The largest absolute Gasteiger partial charge is 0.468 e. The first kappa shape index (κ1) is 14.1. The van der Waals surface area contributed by atoms with Crippen LogP contribution < -0.4 is 0 Å². The molecule has 0 atom stereocenters. The van der Waals surface area contributed by atoms with Crippen LogP contribution in [0.5, 0.6) is 0 Å². The average Bonchev–Trinajstić information content (AvgIpc) is 2.95. The highest BCUT2D eigenvalue weighted by atomic mass is 16.5. The van der Waals surface area contributed by atoms with Crippen molar-refractivity contribution in [2.45, 2.75) is 13.5 Å². The van der Waals surface area contributed by atoms with Crippen molar-refractivity contribution >= 4 is 5.97 Å². The second-order valence-corrected chi connectivity index (χ2v) is 4.11. The van der Waals surface area contributed by atoms with Gasteiger partial charge in [0.25, 0.3) is 0 Å². The van der Waals surface area contributed by atoms with Crippen LogP contribution in [-0.4, -0.2) is 46.2 Å². The smallest absolute Gasteiger partial charge is 0.319 e. The van der Waals surface area contributed by atoms with Gasteiger partial charge in [-0.15, -0.1) is 0 Å². The summed E-state index contributed by atoms with van der Waals surface area (Å²) in [7, 11) is 1.36. The third-order valence-electron chi connectivity index (χ3n) is 2.75. The first-order valence-electron chi connectivity index (χ1n) is 6.26. The van der Waals surface area contributed by atoms with E-state index in [-0.39, 0.29) is 12.5 Å². The standard InChI is InChI=1S/C13H16N4O3/c1-3-17(9-12(18)19-2)8-11-15-13(16-20-11)10-6-4-5-7-14-10/h4-7H,3,8-9H2,1-2H3. The van der Waals surface area contributed by atoms with Gasteiger partial charge in [0.1, 0.15) is 5.69 Å². The minimum atomic E-state index is -0.295. The van der Waals surface area contributed by atoms with Gasteiger partial charge in [0.05, 0.1) is 20.2 Å². The molecule has 0 aromatic carbocycles. The molecular formula is C13H16N4O3. The number of aromatic nitrogens is 3. The van der Waals surface area contributed by atoms with E-state index in [0.29, 0.717) is 30.5 Å². The van der Waals surface area contributed by atoms with Crippen LogP contribution in [0.2, 0.25) is 0 Å². The van der Waals surface area contributed by atoms with Crippen LogP contribution in [0.1, 0.15) is 12.8 Å². The van der Waals surface area contributed by atoms with Gasteiger partial charge < -0.3 is 9.26 Å². The molecule has 2 aromatic heterocycles. The van der Waals surface area contributed by atoms with Gasteiger partial charge in [-0.1, -0.05) is 18.1 Å². The number of nitrogens with zero attached hydrogens (tertiary/aromatic N) is 4. The molecule has 0 saturated heterocycles. The Morgan fingerprint density at radius 3 is 2.95 bits per heavy atom. The molecule has 2 rings (SSSR count). The Morgan fingerprint density at radius 1 is 1.45 bits per heavy atom. The Bertz CT molecular complexity index is 556. The van der Waals surface area contributed by atoms with Crippen LogP contribution in [0.25, 0.3) is 11.5 Å². The van der Waals surface area contributed by atoms with Crippen LogP contribution in [0.3, 0.4) is 0 Å². The summed E-state index contributed by atoms with van der Waals surface area (Å²) in [5, 5.41) is 3.88. The summed E-state index contributed by atoms with van der Waals surface area (Å²) in [6.07, 6.45) is 1.67. The zero-order valence-corrected chi connectivity index (χ0v) is 11.4. The zero-order chi connectivity index (χ0) is 14.4. The van der Waals surface area contributed by atoms with Crippen LogP contribution >= 0.6 is 0 Å². The zero-order valence-electron chi connectivity index (χ0n) is 11.4. The Morgan fingerprint density at radius 2 is 2.30 bits per heavy atom. The van der Waals surface area contributed by atoms with E-state index in [2.05, 4.69) is 19.9 Å². The highest BCUT2D eigenvalue weighted by molar-refractivity contribution is 5.71. The number of hydrogen-bond acceptors (Lipinski definition) is 7. The molecule has 2 aromatic rings. The molecule has 0 aliphatic carbocycles. The molecule has 0 aliphatic rings. The summed E-state index contributed by atoms with van der Waals surface area (Å²) in [4.78, 5) is 21.5. The molecule has 20 heavy (non-hydrogen) atoms. The highest BCUT2D eigenvalue weighted by Crippen LogP contribution is 2.12. The van der Waals surface area contributed by atoms with Crippen molar-refractivity contribution in [2.75, 3.05) is 20.2 Å². The summed E-state index contributed by atoms with van der Waals surface area (Å²) in [6, 6.07) is 5.48. The topological polar surface area (TPSA) is 81.4 Å². The number of rotatable bonds is 6. The molecular weight excluding hydrogens is 260 g/mol. The lowest BCUT2D eigenvalue weighted by molar-refractivity contribution is -0.142. The number of ether oxygens (including phenoxy) is 1. The van der Waals surface area contributed by atoms with Crippen molar-refractivity contribution in [2.24, 2.45) is 0 Å². The Kier molecular flexibility index (Phi) is 4.78. The maximum absolute atomic E-state index is 11.3. The second kappa shape index (κ2) is 6.76. The van der Waals surface area contributed by atoms with Crippen LogP contribution in [-0.2, 0) is 16.1 Å². The molecule has 0 bridgehead atoms. The summed E-state index contributed by atoms with van der Waals surface area (Å²) in [6.45, 7) is 3.20. The molecule has 0 saturated carbocycles. The van der Waals surface area contributed by atoms with E-state index in [4.69, 9.17) is 4.52 Å². The molecule has 7 nitrogen and oxygen atoms in total. The molecule has 0 radical (unpaired) electrons. The number of carbonyl (C=O) groups excluding carboxylic acids is 1. The molecule has 0 N–H and O–H groups in total. The maximum Gasteiger partial charge on any atom is 0.319 e. The predicted molar refractivity (Wildman–Crippen MR) is 70.5 cm³/mol. The fraction of sp³-hybridized carbons (Fsp3) is 0.385. The van der Waals surface area contributed by atoms with E-state index in [9.17, 15) is 4.79 Å². The third kappa shape index (κ3) is 3.61. The third-order valence-corrected chi connectivity index (χ3v) is 2.75. The van der Waals surface area contributed by atoms with Crippen molar-refractivity contribution < 1.29 is 14.1 Å². The molecule has 0 unspecified atom stereocenters. The van der Waals surface area contributed by atoms with Crippen molar-refractivity contribution in [3.8, 4) is 11.5 Å². The quantitative estimate of drug-likeness (QED) is 0.731. The van der Waals surface area contributed by atoms with Crippen molar-refractivity contribution in [1.29, 1.82) is 0 Å². The van der Waals surface area contributed by atoms with Gasteiger partial charge >= 0.3 is 5.97 Å². The number of hydrogen-bond donors (Lipinski definition) is 0. The SMILES string of the molecule is CCN(CC(=O)OC)Cc1nc(-c2ccccn2)no1. The summed E-state index contributed by atoms with van der Waals surface area (Å²) in [5.74, 6) is 0.586. The Balaban J connectivity index is 2.03. The van der Waals surface area contributed by atoms with Gasteiger partial charge in [-0.25, -0.2) is 0 Å². The first-order valence-corrected chi connectivity index (χ1v) is 6.26. The number of carbonyl (C=O) groups is 1. The molecule has 0 aliphatic heterocycles. The fourth-order valence-corrected chi connectivity index (χ4v) is 1.64. The molecule has 2 heterocycles. The molecule has 0 amide bonds. The first-order chi connectivity index (χ1) is 9.72. The normalized spacial score (nSPS) is 10.8. The lowest BCUT2D eigenvalue weighted by atomic mass is 10.3. The summed E-state index contributed by atoms with van der Waals surface area (Å²) >= 11 is 0. The van der Waals surface area contributed by atoms with Crippen LogP contribution in [0, 0.1) is 0 Å². The van der Waals surface area contributed by atoms with Crippen molar-refractivity contribution in [1.82, 2.24) is 20.0 Å². The van der Waals surface area contributed by atoms with Crippen LogP contribution in [0.15, 0.2) is 28.9 Å². The Labute approximate surface area is 116 Å². The van der Waals surface area contributed by atoms with E-state index in [0.717, 1.165) is 0 Å². The minimum Gasteiger partial charge on any atom is -0.468 e. The van der Waals surface area contributed by atoms with Crippen LogP contribution in [0.4, 0.5) is 0 Å². The van der Waals surface area contributed by atoms with E-state index in [1.165, 1.54) is 7.11 Å². The lowest BCUT2D eigenvalue weighted by Gasteiger charge is -2.15. The maximum atomic E-state index is 11.3. The van der Waals surface area contributed by atoms with E-state index in [1.54, 1.807) is 12.3 Å². The van der Waals surface area contributed by atoms with Gasteiger partial charge in [-0.3, -0.25) is 14.7 Å².